The molecule has 0 atom stereocenters. The molecule has 0 amide bonds. The van der Waals surface area contributed by atoms with Gasteiger partial charge in [-0.05, 0) is 42.9 Å². The van der Waals surface area contributed by atoms with E-state index in [0.29, 0.717) is 22.5 Å². The predicted octanol–water partition coefficient (Wildman–Crippen LogP) is 3.65. The summed E-state index contributed by atoms with van der Waals surface area (Å²) in [6, 6.07) is 5.93. The van der Waals surface area contributed by atoms with Crippen molar-refractivity contribution in [3.05, 3.63) is 28.8 Å². The molecule has 2 nitrogen and oxygen atoms in total. The minimum atomic E-state index is 0.411. The number of ether oxygens (including phenoxy) is 1. The monoisotopic (exact) mass is 252 g/mol. The summed E-state index contributed by atoms with van der Waals surface area (Å²) in [6.45, 7) is 0. The number of Topliss-reactive ketones (excluding diaryl/α,β-unsaturated/α-hetero) is 1. The van der Waals surface area contributed by atoms with Crippen molar-refractivity contribution in [2.45, 2.75) is 32.1 Å². The standard InChI is InChI=1S/C14H17ClO2/c1-17-14-7-4-11(9-13(14)15)8-10-2-5-12(16)6-3-10/h4,7,9-10H,2-3,5-6,8H2,1H3. The quantitative estimate of drug-likeness (QED) is 0.821. The number of methoxy groups -OCH3 is 1. The van der Waals surface area contributed by atoms with Gasteiger partial charge < -0.3 is 4.74 Å². The molecule has 0 N–H and O–H groups in total. The van der Waals surface area contributed by atoms with E-state index in [2.05, 4.69) is 6.07 Å². The molecule has 0 aliphatic heterocycles. The van der Waals surface area contributed by atoms with Gasteiger partial charge in [0.1, 0.15) is 11.5 Å². The summed E-state index contributed by atoms with van der Waals surface area (Å²) in [6.07, 6.45) is 4.53. The molecule has 0 spiro atoms. The normalized spacial score (nSPS) is 17.2. The lowest BCUT2D eigenvalue weighted by molar-refractivity contribution is -0.120. The first kappa shape index (κ1) is 12.4. The Kier molecular flexibility index (Phi) is 4.06. The summed E-state index contributed by atoms with van der Waals surface area (Å²) in [5.74, 6) is 1.75. The lowest BCUT2D eigenvalue weighted by Crippen LogP contribution is -2.15. The molecule has 1 aliphatic rings. The first-order valence-corrected chi connectivity index (χ1v) is 6.41. The smallest absolute Gasteiger partial charge is 0.137 e. The first-order chi connectivity index (χ1) is 8.19. The largest absolute Gasteiger partial charge is 0.495 e. The maximum Gasteiger partial charge on any atom is 0.137 e. The van der Waals surface area contributed by atoms with E-state index in [1.54, 1.807) is 7.11 Å². The van der Waals surface area contributed by atoms with Gasteiger partial charge in [0, 0.05) is 12.8 Å². The van der Waals surface area contributed by atoms with Gasteiger partial charge in [0.2, 0.25) is 0 Å². The molecule has 3 heteroatoms. The number of carbonyl (C=O) groups excluding carboxylic acids is 1. The van der Waals surface area contributed by atoms with Crippen LogP contribution >= 0.6 is 11.6 Å². The van der Waals surface area contributed by atoms with E-state index in [-0.39, 0.29) is 0 Å². The highest BCUT2D eigenvalue weighted by molar-refractivity contribution is 6.32. The Morgan fingerprint density at radius 2 is 2.06 bits per heavy atom. The van der Waals surface area contributed by atoms with Crippen LogP contribution in [0.25, 0.3) is 0 Å². The average molecular weight is 253 g/mol. The van der Waals surface area contributed by atoms with Gasteiger partial charge in [0.25, 0.3) is 0 Å². The van der Waals surface area contributed by atoms with Crippen LogP contribution in [-0.2, 0) is 11.2 Å². The van der Waals surface area contributed by atoms with Crippen LogP contribution in [0.4, 0.5) is 0 Å². The third kappa shape index (κ3) is 3.22. The third-order valence-corrected chi connectivity index (χ3v) is 3.70. The van der Waals surface area contributed by atoms with Crippen LogP contribution < -0.4 is 4.74 Å². The summed E-state index contributed by atoms with van der Waals surface area (Å²) in [7, 11) is 1.62. The summed E-state index contributed by atoms with van der Waals surface area (Å²) >= 11 is 6.09. The number of rotatable bonds is 3. The number of ketones is 1. The molecule has 1 aromatic rings. The SMILES string of the molecule is COc1ccc(CC2CCC(=O)CC2)cc1Cl. The molecule has 1 saturated carbocycles. The molecule has 0 aromatic heterocycles. The Morgan fingerprint density at radius 1 is 1.35 bits per heavy atom. The highest BCUT2D eigenvalue weighted by Gasteiger charge is 2.19. The van der Waals surface area contributed by atoms with Gasteiger partial charge in [-0.3, -0.25) is 4.79 Å². The van der Waals surface area contributed by atoms with Crippen LogP contribution in [0.3, 0.4) is 0 Å². The maximum atomic E-state index is 11.2. The minimum Gasteiger partial charge on any atom is -0.495 e. The van der Waals surface area contributed by atoms with Gasteiger partial charge in [-0.15, -0.1) is 0 Å². The van der Waals surface area contributed by atoms with Crippen molar-refractivity contribution in [3.63, 3.8) is 0 Å². The zero-order valence-corrected chi connectivity index (χ0v) is 10.8. The Bertz CT molecular complexity index is 405. The second-order valence-corrected chi connectivity index (χ2v) is 5.06. The van der Waals surface area contributed by atoms with Crippen molar-refractivity contribution in [2.75, 3.05) is 7.11 Å². The van der Waals surface area contributed by atoms with Crippen LogP contribution in [0.1, 0.15) is 31.2 Å². The zero-order valence-electron chi connectivity index (χ0n) is 10.0. The van der Waals surface area contributed by atoms with E-state index < -0.39 is 0 Å². The summed E-state index contributed by atoms with van der Waals surface area (Å²) in [5.41, 5.74) is 1.23. The fourth-order valence-corrected chi connectivity index (χ4v) is 2.65. The number of benzene rings is 1. The first-order valence-electron chi connectivity index (χ1n) is 6.03. The molecule has 92 valence electrons. The fraction of sp³-hybridized carbons (Fsp3) is 0.500. The van der Waals surface area contributed by atoms with Gasteiger partial charge >= 0.3 is 0 Å². The second-order valence-electron chi connectivity index (χ2n) is 4.66. The number of hydrogen-bond acceptors (Lipinski definition) is 2. The van der Waals surface area contributed by atoms with Crippen LogP contribution in [0.15, 0.2) is 18.2 Å². The molecule has 0 saturated heterocycles. The van der Waals surface area contributed by atoms with Crippen LogP contribution in [0, 0.1) is 5.92 Å². The van der Waals surface area contributed by atoms with Crippen molar-refractivity contribution >= 4 is 17.4 Å². The van der Waals surface area contributed by atoms with Gasteiger partial charge in [-0.1, -0.05) is 17.7 Å². The van der Waals surface area contributed by atoms with Crippen molar-refractivity contribution in [1.82, 2.24) is 0 Å². The molecule has 1 aromatic carbocycles. The van der Waals surface area contributed by atoms with Gasteiger partial charge in [0.15, 0.2) is 0 Å². The molecule has 1 aliphatic carbocycles. The molecule has 17 heavy (non-hydrogen) atoms. The lowest BCUT2D eigenvalue weighted by atomic mass is 9.84. The highest BCUT2D eigenvalue weighted by atomic mass is 35.5. The van der Waals surface area contributed by atoms with E-state index in [1.165, 1.54) is 5.56 Å². The predicted molar refractivity (Wildman–Crippen MR) is 68.7 cm³/mol. The van der Waals surface area contributed by atoms with E-state index in [1.807, 2.05) is 12.1 Å². The Balaban J connectivity index is 1.99. The van der Waals surface area contributed by atoms with E-state index in [9.17, 15) is 4.79 Å². The van der Waals surface area contributed by atoms with Gasteiger partial charge in [-0.25, -0.2) is 0 Å². The van der Waals surface area contributed by atoms with Gasteiger partial charge in [0.05, 0.1) is 12.1 Å². The topological polar surface area (TPSA) is 26.3 Å². The maximum absolute atomic E-state index is 11.2. The molecule has 0 bridgehead atoms. The number of hydrogen-bond donors (Lipinski definition) is 0. The zero-order chi connectivity index (χ0) is 12.3. The second kappa shape index (κ2) is 5.54. The van der Waals surface area contributed by atoms with Gasteiger partial charge in [-0.2, -0.15) is 0 Å². The van der Waals surface area contributed by atoms with Crippen LogP contribution in [-0.4, -0.2) is 12.9 Å². The molecular formula is C14H17ClO2. The third-order valence-electron chi connectivity index (χ3n) is 3.40. The number of halogens is 1. The van der Waals surface area contributed by atoms with Crippen molar-refractivity contribution < 1.29 is 9.53 Å². The van der Waals surface area contributed by atoms with Crippen molar-refractivity contribution in [3.8, 4) is 5.75 Å². The fourth-order valence-electron chi connectivity index (χ4n) is 2.37. The van der Waals surface area contributed by atoms with Crippen molar-refractivity contribution in [1.29, 1.82) is 0 Å². The van der Waals surface area contributed by atoms with Crippen LogP contribution in [0.2, 0.25) is 5.02 Å². The molecule has 2 rings (SSSR count). The number of carbonyl (C=O) groups is 1. The van der Waals surface area contributed by atoms with E-state index in [4.69, 9.17) is 16.3 Å². The summed E-state index contributed by atoms with van der Waals surface area (Å²) in [5, 5.41) is 0.664. The van der Waals surface area contributed by atoms with E-state index >= 15 is 0 Å². The Morgan fingerprint density at radius 3 is 2.65 bits per heavy atom. The summed E-state index contributed by atoms with van der Waals surface area (Å²) < 4.78 is 5.13. The minimum absolute atomic E-state index is 0.411. The molecule has 0 unspecified atom stereocenters. The molecule has 1 fully saturated rings. The average Bonchev–Trinajstić information content (AvgIpc) is 2.32. The lowest BCUT2D eigenvalue weighted by Gasteiger charge is -2.21. The Labute approximate surface area is 107 Å². The van der Waals surface area contributed by atoms with Crippen LogP contribution in [0.5, 0.6) is 5.75 Å². The summed E-state index contributed by atoms with van der Waals surface area (Å²) in [4.78, 5) is 11.2. The highest BCUT2D eigenvalue weighted by Crippen LogP contribution is 2.29. The molecular weight excluding hydrogens is 236 g/mol. The van der Waals surface area contributed by atoms with E-state index in [0.717, 1.165) is 32.1 Å². The molecule has 0 heterocycles. The molecule has 0 radical (unpaired) electrons. The Hall–Kier alpha value is -1.02. The van der Waals surface area contributed by atoms with Crippen molar-refractivity contribution in [2.24, 2.45) is 5.92 Å².